The fourth-order valence-electron chi connectivity index (χ4n) is 5.12. The molecule has 1 aliphatic heterocycles. The molecule has 2 heterocycles. The Hall–Kier alpha value is -4.08. The molecule has 0 spiro atoms. The van der Waals surface area contributed by atoms with Crippen LogP contribution in [0.2, 0.25) is 0 Å². The molecule has 1 saturated heterocycles. The van der Waals surface area contributed by atoms with Crippen molar-refractivity contribution in [2.24, 2.45) is 0 Å². The lowest BCUT2D eigenvalue weighted by atomic mass is 10.1. The maximum Gasteiger partial charge on any atom is 0.414 e. The summed E-state index contributed by atoms with van der Waals surface area (Å²) < 4.78 is 13.3. The van der Waals surface area contributed by atoms with Crippen molar-refractivity contribution in [2.75, 3.05) is 40.4 Å². The van der Waals surface area contributed by atoms with Crippen molar-refractivity contribution in [1.29, 1.82) is 0 Å². The molecule has 0 amide bonds. The summed E-state index contributed by atoms with van der Waals surface area (Å²) in [5.41, 5.74) is 5.29. The van der Waals surface area contributed by atoms with Crippen LogP contribution in [0.4, 0.5) is 0 Å². The Morgan fingerprint density at radius 1 is 0.718 bits per heavy atom. The first-order valence-corrected chi connectivity index (χ1v) is 13.0. The Balaban J connectivity index is 0.000000531. The summed E-state index contributed by atoms with van der Waals surface area (Å²) in [4.78, 5) is 23.3. The summed E-state index contributed by atoms with van der Waals surface area (Å²) >= 11 is 0. The zero-order valence-corrected chi connectivity index (χ0v) is 22.6. The van der Waals surface area contributed by atoms with E-state index < -0.39 is 11.9 Å². The number of hydrogen-bond acceptors (Lipinski definition) is 6. The van der Waals surface area contributed by atoms with E-state index >= 15 is 0 Å². The van der Waals surface area contributed by atoms with E-state index in [0.29, 0.717) is 0 Å². The number of rotatable bonds is 7. The van der Waals surface area contributed by atoms with Crippen LogP contribution in [0.15, 0.2) is 60.7 Å². The van der Waals surface area contributed by atoms with Crippen LogP contribution in [-0.2, 0) is 29.2 Å². The van der Waals surface area contributed by atoms with Gasteiger partial charge < -0.3 is 24.3 Å². The van der Waals surface area contributed by atoms with Gasteiger partial charge in [-0.05, 0) is 48.4 Å². The number of methoxy groups -OCH3 is 2. The number of aliphatic carboxylic acids is 2. The number of carbonyl (C=O) groups is 2. The fraction of sp³-hybridized carbons (Fsp3) is 0.333. The van der Waals surface area contributed by atoms with Crippen LogP contribution >= 0.6 is 0 Å². The van der Waals surface area contributed by atoms with Gasteiger partial charge >= 0.3 is 11.9 Å². The highest BCUT2D eigenvalue weighted by molar-refractivity contribution is 6.27. The highest BCUT2D eigenvalue weighted by Gasteiger charge is 2.18. The van der Waals surface area contributed by atoms with E-state index in [0.717, 1.165) is 57.3 Å². The lowest BCUT2D eigenvalue weighted by Crippen LogP contribution is -2.45. The van der Waals surface area contributed by atoms with E-state index in [-0.39, 0.29) is 0 Å². The van der Waals surface area contributed by atoms with Crippen LogP contribution in [0.25, 0.3) is 21.8 Å². The molecule has 206 valence electrons. The van der Waals surface area contributed by atoms with Crippen LogP contribution in [0, 0.1) is 0 Å². The van der Waals surface area contributed by atoms with Crippen molar-refractivity contribution in [3.63, 3.8) is 0 Å². The number of para-hydroxylation sites is 1. The number of ether oxygens (including phenoxy) is 2. The van der Waals surface area contributed by atoms with Gasteiger partial charge in [0.2, 0.25) is 0 Å². The molecule has 4 aromatic rings. The van der Waals surface area contributed by atoms with Crippen molar-refractivity contribution >= 4 is 33.7 Å². The van der Waals surface area contributed by atoms with Gasteiger partial charge in [0.05, 0.1) is 14.2 Å². The molecule has 9 nitrogen and oxygen atoms in total. The largest absolute Gasteiger partial charge is 0.497 e. The Bertz CT molecular complexity index is 1420. The van der Waals surface area contributed by atoms with Crippen molar-refractivity contribution < 1.29 is 29.3 Å². The van der Waals surface area contributed by atoms with Crippen LogP contribution in [0.5, 0.6) is 11.5 Å². The molecule has 0 unspecified atom stereocenters. The number of hydrogen-bond donors (Lipinski definition) is 2. The molecule has 0 radical (unpaired) electrons. The number of aromatic nitrogens is 1. The van der Waals surface area contributed by atoms with Gasteiger partial charge in [0.1, 0.15) is 11.5 Å². The molecule has 0 saturated carbocycles. The molecule has 1 fully saturated rings. The first-order valence-electron chi connectivity index (χ1n) is 13.0. The van der Waals surface area contributed by atoms with E-state index in [1.54, 1.807) is 14.2 Å². The van der Waals surface area contributed by atoms with E-state index in [4.69, 9.17) is 29.3 Å². The van der Waals surface area contributed by atoms with Gasteiger partial charge in [-0.1, -0.05) is 24.3 Å². The second-order valence-corrected chi connectivity index (χ2v) is 9.50. The molecule has 0 bridgehead atoms. The molecule has 39 heavy (non-hydrogen) atoms. The number of benzene rings is 3. The van der Waals surface area contributed by atoms with Crippen LogP contribution in [0.1, 0.15) is 18.1 Å². The Morgan fingerprint density at radius 3 is 1.79 bits per heavy atom. The van der Waals surface area contributed by atoms with Gasteiger partial charge in [-0.3, -0.25) is 9.80 Å². The summed E-state index contributed by atoms with van der Waals surface area (Å²) in [6.45, 7) is 9.43. The third-order valence-corrected chi connectivity index (χ3v) is 7.02. The van der Waals surface area contributed by atoms with Crippen LogP contribution in [-0.4, -0.2) is 76.9 Å². The van der Waals surface area contributed by atoms with Crippen molar-refractivity contribution in [3.8, 4) is 11.5 Å². The van der Waals surface area contributed by atoms with Gasteiger partial charge in [0, 0.05) is 73.7 Å². The van der Waals surface area contributed by atoms with Crippen molar-refractivity contribution in [2.45, 2.75) is 26.6 Å². The zero-order chi connectivity index (χ0) is 27.9. The molecular weight excluding hydrogens is 498 g/mol. The SMILES string of the molecule is CCn1c2ccccc2c2cc(CN3CCN(Cc4cc(OC)cc(OC)c4)CC3)ccc21.O=C(O)C(=O)O. The minimum absolute atomic E-state index is 0.850. The van der Waals surface area contributed by atoms with Crippen molar-refractivity contribution in [3.05, 3.63) is 71.8 Å². The van der Waals surface area contributed by atoms with E-state index in [1.807, 2.05) is 6.07 Å². The standard InChI is InChI=1S/C28H33N3O2.C2H2O4/c1-4-31-27-8-6-5-7-25(27)26-17-21(9-10-28(26)31)19-29-11-13-30(14-12-29)20-22-15-23(32-2)18-24(16-22)33-3;3-1(4)2(5)6/h5-10,15-18H,4,11-14,19-20H2,1-3H3;(H,3,4)(H,5,6). The second kappa shape index (κ2) is 12.6. The van der Waals surface area contributed by atoms with Gasteiger partial charge in [-0.15, -0.1) is 0 Å². The number of piperazine rings is 1. The lowest BCUT2D eigenvalue weighted by Gasteiger charge is -2.34. The molecule has 1 aliphatic rings. The number of aryl methyl sites for hydroxylation is 1. The average molecular weight is 534 g/mol. The fourth-order valence-corrected chi connectivity index (χ4v) is 5.12. The first-order chi connectivity index (χ1) is 18.8. The van der Waals surface area contributed by atoms with Gasteiger partial charge in [0.25, 0.3) is 0 Å². The second-order valence-electron chi connectivity index (χ2n) is 9.50. The molecule has 9 heteroatoms. The predicted octanol–water partition coefficient (Wildman–Crippen LogP) is 4.31. The van der Waals surface area contributed by atoms with Crippen molar-refractivity contribution in [1.82, 2.24) is 14.4 Å². The maximum atomic E-state index is 9.10. The highest BCUT2D eigenvalue weighted by Crippen LogP contribution is 2.30. The molecule has 1 aromatic heterocycles. The number of carboxylic acids is 2. The predicted molar refractivity (Wildman–Crippen MR) is 150 cm³/mol. The Morgan fingerprint density at radius 2 is 1.26 bits per heavy atom. The summed E-state index contributed by atoms with van der Waals surface area (Å²) in [6, 6.07) is 21.9. The quantitative estimate of drug-likeness (QED) is 0.339. The van der Waals surface area contributed by atoms with Gasteiger partial charge in [0.15, 0.2) is 0 Å². The Kier molecular flexibility index (Phi) is 9.06. The lowest BCUT2D eigenvalue weighted by molar-refractivity contribution is -0.159. The van der Waals surface area contributed by atoms with Crippen LogP contribution in [0.3, 0.4) is 0 Å². The third kappa shape index (κ3) is 6.68. The summed E-state index contributed by atoms with van der Waals surface area (Å²) in [7, 11) is 3.41. The minimum Gasteiger partial charge on any atom is -0.497 e. The molecule has 0 atom stereocenters. The molecule has 3 aromatic carbocycles. The van der Waals surface area contributed by atoms with E-state index in [9.17, 15) is 0 Å². The van der Waals surface area contributed by atoms with Gasteiger partial charge in [-0.25, -0.2) is 9.59 Å². The molecule has 0 aliphatic carbocycles. The summed E-state index contributed by atoms with van der Waals surface area (Å²) in [5, 5.41) is 17.5. The normalized spacial score (nSPS) is 14.1. The number of fused-ring (bicyclic) bond motifs is 3. The Labute approximate surface area is 227 Å². The van der Waals surface area contributed by atoms with E-state index in [2.05, 4.69) is 75.9 Å². The monoisotopic (exact) mass is 533 g/mol. The number of nitrogens with zero attached hydrogens (tertiary/aromatic N) is 3. The first kappa shape index (κ1) is 27.9. The highest BCUT2D eigenvalue weighted by atomic mass is 16.5. The third-order valence-electron chi connectivity index (χ3n) is 7.02. The maximum absolute atomic E-state index is 9.10. The topological polar surface area (TPSA) is 104 Å². The molecule has 2 N–H and O–H groups in total. The summed E-state index contributed by atoms with van der Waals surface area (Å²) in [6.07, 6.45) is 0. The molecular formula is C30H35N3O6. The minimum atomic E-state index is -1.82. The zero-order valence-electron chi connectivity index (χ0n) is 22.6. The summed E-state index contributed by atoms with van der Waals surface area (Å²) in [5.74, 6) is -1.95. The smallest absolute Gasteiger partial charge is 0.414 e. The van der Waals surface area contributed by atoms with E-state index in [1.165, 1.54) is 32.9 Å². The van der Waals surface area contributed by atoms with Crippen LogP contribution < -0.4 is 9.47 Å². The molecule has 5 rings (SSSR count). The number of carboxylic acid groups (broad SMARTS) is 2. The van der Waals surface area contributed by atoms with Gasteiger partial charge in [-0.2, -0.15) is 0 Å². The average Bonchev–Trinajstić information content (AvgIpc) is 3.27.